The number of guanidine groups is 1. The molecule has 1 aliphatic heterocycles. The molecule has 1 aromatic rings. The summed E-state index contributed by atoms with van der Waals surface area (Å²) in [6.07, 6.45) is 2.43. The van der Waals surface area contributed by atoms with Gasteiger partial charge in [0.2, 0.25) is 0 Å². The Morgan fingerprint density at radius 1 is 1.22 bits per heavy atom. The standard InChI is InChI=1S/C21H36N4O.HI/c1-21(2,3)19(26-5)15-23-20(22-4)24-18-11-13-25(14-12-18)16-17-9-7-6-8-10-17;/h6-10,18-19H,11-16H2,1-5H3,(H2,22,23,24);1H. The summed E-state index contributed by atoms with van der Waals surface area (Å²) >= 11 is 0. The second-order valence-corrected chi connectivity index (χ2v) is 8.22. The van der Waals surface area contributed by atoms with E-state index >= 15 is 0 Å². The number of halogens is 1. The second-order valence-electron chi connectivity index (χ2n) is 8.22. The van der Waals surface area contributed by atoms with Gasteiger partial charge in [-0.3, -0.25) is 9.89 Å². The Bertz CT molecular complexity index is 551. The molecular weight excluding hydrogens is 451 g/mol. The lowest BCUT2D eigenvalue weighted by atomic mass is 9.89. The number of hydrogen-bond donors (Lipinski definition) is 2. The summed E-state index contributed by atoms with van der Waals surface area (Å²) in [6.45, 7) is 10.6. The Kier molecular flexibility index (Phi) is 10.6. The molecule has 0 radical (unpaired) electrons. The Morgan fingerprint density at radius 2 is 1.85 bits per heavy atom. The lowest BCUT2D eigenvalue weighted by Crippen LogP contribution is -2.51. The number of nitrogens with zero attached hydrogens (tertiary/aromatic N) is 2. The maximum Gasteiger partial charge on any atom is 0.191 e. The molecule has 2 rings (SSSR count). The Morgan fingerprint density at radius 3 is 2.37 bits per heavy atom. The zero-order valence-corrected chi connectivity index (χ0v) is 19.8. The van der Waals surface area contributed by atoms with E-state index in [1.54, 1.807) is 7.11 Å². The first kappa shape index (κ1) is 24.2. The highest BCUT2D eigenvalue weighted by Crippen LogP contribution is 2.21. The topological polar surface area (TPSA) is 48.9 Å². The van der Waals surface area contributed by atoms with E-state index < -0.39 is 0 Å². The van der Waals surface area contributed by atoms with Gasteiger partial charge in [0.25, 0.3) is 0 Å². The minimum Gasteiger partial charge on any atom is -0.379 e. The van der Waals surface area contributed by atoms with Gasteiger partial charge in [-0.05, 0) is 23.8 Å². The van der Waals surface area contributed by atoms with Crippen LogP contribution < -0.4 is 10.6 Å². The fourth-order valence-electron chi connectivity index (χ4n) is 3.40. The Hall–Kier alpha value is -0.860. The van der Waals surface area contributed by atoms with Gasteiger partial charge in [0.05, 0.1) is 6.10 Å². The van der Waals surface area contributed by atoms with Crippen LogP contribution in [0.25, 0.3) is 0 Å². The highest BCUT2D eigenvalue weighted by Gasteiger charge is 2.25. The molecular formula is C21H37IN4O. The molecule has 5 nitrogen and oxygen atoms in total. The van der Waals surface area contributed by atoms with Crippen LogP contribution in [0.5, 0.6) is 0 Å². The van der Waals surface area contributed by atoms with Crippen LogP contribution in [0.15, 0.2) is 35.3 Å². The van der Waals surface area contributed by atoms with Crippen LogP contribution in [0.2, 0.25) is 0 Å². The van der Waals surface area contributed by atoms with E-state index in [1.165, 1.54) is 5.56 Å². The van der Waals surface area contributed by atoms with Crippen LogP contribution in [0, 0.1) is 5.41 Å². The van der Waals surface area contributed by atoms with Crippen molar-refractivity contribution in [1.82, 2.24) is 15.5 Å². The first-order chi connectivity index (χ1) is 12.4. The smallest absolute Gasteiger partial charge is 0.191 e. The molecule has 0 aromatic heterocycles. The summed E-state index contributed by atoms with van der Waals surface area (Å²) in [5.41, 5.74) is 1.49. The van der Waals surface area contributed by atoms with Crippen molar-refractivity contribution in [3.05, 3.63) is 35.9 Å². The van der Waals surface area contributed by atoms with E-state index in [0.29, 0.717) is 6.04 Å². The first-order valence-electron chi connectivity index (χ1n) is 9.68. The third-order valence-electron chi connectivity index (χ3n) is 5.11. The summed E-state index contributed by atoms with van der Waals surface area (Å²) in [5, 5.41) is 7.00. The fourth-order valence-corrected chi connectivity index (χ4v) is 3.40. The van der Waals surface area contributed by atoms with Crippen molar-refractivity contribution in [3.8, 4) is 0 Å². The predicted octanol–water partition coefficient (Wildman–Crippen LogP) is 3.50. The van der Waals surface area contributed by atoms with Gasteiger partial charge in [0.15, 0.2) is 5.96 Å². The second kappa shape index (κ2) is 11.9. The van der Waals surface area contributed by atoms with Crippen LogP contribution in [-0.4, -0.2) is 56.8 Å². The maximum atomic E-state index is 5.62. The van der Waals surface area contributed by atoms with Gasteiger partial charge in [-0.15, -0.1) is 24.0 Å². The number of ether oxygens (including phenoxy) is 1. The average molecular weight is 488 g/mol. The number of benzene rings is 1. The predicted molar refractivity (Wildman–Crippen MR) is 125 cm³/mol. The van der Waals surface area contributed by atoms with Gasteiger partial charge in [-0.2, -0.15) is 0 Å². The lowest BCUT2D eigenvalue weighted by molar-refractivity contribution is 0.0204. The molecule has 1 fully saturated rings. The Balaban J connectivity index is 0.00000364. The highest BCUT2D eigenvalue weighted by molar-refractivity contribution is 14.0. The summed E-state index contributed by atoms with van der Waals surface area (Å²) in [6, 6.07) is 11.2. The van der Waals surface area contributed by atoms with Crippen molar-refractivity contribution in [1.29, 1.82) is 0 Å². The van der Waals surface area contributed by atoms with Crippen molar-refractivity contribution in [3.63, 3.8) is 0 Å². The summed E-state index contributed by atoms with van der Waals surface area (Å²) < 4.78 is 5.62. The minimum absolute atomic E-state index is 0. The Labute approximate surface area is 182 Å². The van der Waals surface area contributed by atoms with E-state index in [9.17, 15) is 0 Å². The van der Waals surface area contributed by atoms with Crippen LogP contribution in [-0.2, 0) is 11.3 Å². The molecule has 1 aromatic carbocycles. The van der Waals surface area contributed by atoms with Crippen LogP contribution >= 0.6 is 24.0 Å². The van der Waals surface area contributed by atoms with Crippen molar-refractivity contribution < 1.29 is 4.74 Å². The molecule has 1 atom stereocenters. The molecule has 154 valence electrons. The number of piperidine rings is 1. The molecule has 0 saturated carbocycles. The van der Waals surface area contributed by atoms with Gasteiger partial charge in [0, 0.05) is 46.4 Å². The molecule has 1 aliphatic rings. The molecule has 1 unspecified atom stereocenters. The van der Waals surface area contributed by atoms with Crippen LogP contribution in [0.4, 0.5) is 0 Å². The van der Waals surface area contributed by atoms with Gasteiger partial charge in [-0.25, -0.2) is 0 Å². The quantitative estimate of drug-likeness (QED) is 0.366. The van der Waals surface area contributed by atoms with E-state index in [2.05, 4.69) is 71.6 Å². The summed E-state index contributed by atoms with van der Waals surface area (Å²) in [7, 11) is 3.61. The molecule has 2 N–H and O–H groups in total. The van der Waals surface area contributed by atoms with Gasteiger partial charge < -0.3 is 15.4 Å². The molecule has 1 saturated heterocycles. The fraction of sp³-hybridized carbons (Fsp3) is 0.667. The number of aliphatic imine (C=N–C) groups is 1. The minimum atomic E-state index is 0. The van der Waals surface area contributed by atoms with E-state index in [1.807, 2.05) is 7.05 Å². The molecule has 6 heteroatoms. The molecule has 0 spiro atoms. The van der Waals surface area contributed by atoms with E-state index in [-0.39, 0.29) is 35.5 Å². The number of likely N-dealkylation sites (tertiary alicyclic amines) is 1. The molecule has 0 amide bonds. The zero-order chi connectivity index (χ0) is 19.0. The largest absolute Gasteiger partial charge is 0.379 e. The first-order valence-corrected chi connectivity index (χ1v) is 9.68. The number of nitrogens with one attached hydrogen (secondary N) is 2. The van der Waals surface area contributed by atoms with Crippen LogP contribution in [0.3, 0.4) is 0 Å². The van der Waals surface area contributed by atoms with Gasteiger partial charge in [-0.1, -0.05) is 51.1 Å². The van der Waals surface area contributed by atoms with Gasteiger partial charge in [0.1, 0.15) is 0 Å². The average Bonchev–Trinajstić information content (AvgIpc) is 2.62. The third kappa shape index (κ3) is 8.35. The molecule has 1 heterocycles. The summed E-state index contributed by atoms with van der Waals surface area (Å²) in [5.74, 6) is 0.873. The molecule has 27 heavy (non-hydrogen) atoms. The third-order valence-corrected chi connectivity index (χ3v) is 5.11. The lowest BCUT2D eigenvalue weighted by Gasteiger charge is -2.34. The van der Waals surface area contributed by atoms with Crippen molar-refractivity contribution >= 4 is 29.9 Å². The molecule has 0 bridgehead atoms. The monoisotopic (exact) mass is 488 g/mol. The number of methoxy groups -OCH3 is 1. The van der Waals surface area contributed by atoms with E-state index in [4.69, 9.17) is 4.74 Å². The van der Waals surface area contributed by atoms with Crippen molar-refractivity contribution in [2.45, 2.75) is 52.3 Å². The SMILES string of the molecule is CN=C(NCC(OC)C(C)(C)C)NC1CCN(Cc2ccccc2)CC1.I. The zero-order valence-electron chi connectivity index (χ0n) is 17.5. The summed E-state index contributed by atoms with van der Waals surface area (Å²) in [4.78, 5) is 6.91. The normalized spacial score (nSPS) is 17.9. The van der Waals surface area contributed by atoms with Crippen molar-refractivity contribution in [2.24, 2.45) is 10.4 Å². The van der Waals surface area contributed by atoms with Crippen LogP contribution in [0.1, 0.15) is 39.2 Å². The van der Waals surface area contributed by atoms with Gasteiger partial charge >= 0.3 is 0 Å². The van der Waals surface area contributed by atoms with E-state index in [0.717, 1.165) is 45.0 Å². The maximum absolute atomic E-state index is 5.62. The number of rotatable bonds is 6. The number of hydrogen-bond acceptors (Lipinski definition) is 3. The highest BCUT2D eigenvalue weighted by atomic mass is 127. The van der Waals surface area contributed by atoms with Crippen molar-refractivity contribution in [2.75, 3.05) is 33.8 Å². The molecule has 0 aliphatic carbocycles.